The lowest BCUT2D eigenvalue weighted by Crippen LogP contribution is -2.03. The summed E-state index contributed by atoms with van der Waals surface area (Å²) in [6, 6.07) is 9.58. The molecule has 0 atom stereocenters. The van der Waals surface area contributed by atoms with Crippen molar-refractivity contribution in [3.05, 3.63) is 57.7 Å². The molecule has 27 heavy (non-hydrogen) atoms. The van der Waals surface area contributed by atoms with Gasteiger partial charge in [-0.25, -0.2) is 4.58 Å². The van der Waals surface area contributed by atoms with Crippen molar-refractivity contribution in [3.8, 4) is 11.1 Å². The number of rotatable bonds is 4. The first-order valence-electron chi connectivity index (χ1n) is 10.6. The van der Waals surface area contributed by atoms with Gasteiger partial charge < -0.3 is 0 Å². The zero-order valence-electron chi connectivity index (χ0n) is 17.2. The number of nitrogens with zero attached hydrogens (tertiary/aromatic N) is 1. The van der Waals surface area contributed by atoms with Crippen molar-refractivity contribution >= 4 is 17.0 Å². The van der Waals surface area contributed by atoms with E-state index in [2.05, 4.69) is 56.7 Å². The Bertz CT molecular complexity index is 1030. The Labute approximate surface area is 163 Å². The molecule has 2 aliphatic carbocycles. The number of unbranched alkanes of at least 4 members (excludes halogenated alkanes) is 2. The Balaban J connectivity index is 1.69. The van der Waals surface area contributed by atoms with E-state index in [9.17, 15) is 0 Å². The molecule has 0 fully saturated rings. The summed E-state index contributed by atoms with van der Waals surface area (Å²) in [5.74, 6) is 0. The van der Waals surface area contributed by atoms with Gasteiger partial charge in [0.05, 0.1) is 12.0 Å². The normalized spacial score (nSPS) is 16.7. The van der Waals surface area contributed by atoms with E-state index in [0.29, 0.717) is 0 Å². The standard InChI is InChI=1S/C26H30N/c1-5-6-7-8-18-14-19-9-10-20-15-21-11-12-22-13-16(2)27(4)26(22)25(21)24(20)23(19)17(18)3/h9-12H,5-8,13-15H2,1-4H3/q+1. The second kappa shape index (κ2) is 6.19. The molecule has 0 bridgehead atoms. The number of hydrogen-bond donors (Lipinski definition) is 0. The van der Waals surface area contributed by atoms with Crippen LogP contribution in [-0.2, 0) is 19.3 Å². The van der Waals surface area contributed by atoms with E-state index in [4.69, 9.17) is 0 Å². The van der Waals surface area contributed by atoms with Gasteiger partial charge in [-0.1, -0.05) is 49.6 Å². The Hall–Kier alpha value is -2.15. The van der Waals surface area contributed by atoms with Crippen molar-refractivity contribution in [1.82, 2.24) is 0 Å². The molecule has 2 aromatic carbocycles. The second-order valence-corrected chi connectivity index (χ2v) is 8.75. The van der Waals surface area contributed by atoms with Crippen molar-refractivity contribution in [1.29, 1.82) is 0 Å². The summed E-state index contributed by atoms with van der Waals surface area (Å²) in [6.07, 6.45) is 8.62. The Morgan fingerprint density at radius 2 is 1.44 bits per heavy atom. The van der Waals surface area contributed by atoms with Crippen molar-refractivity contribution in [3.63, 3.8) is 0 Å². The number of benzene rings is 2. The molecule has 0 aromatic heterocycles. The van der Waals surface area contributed by atoms with E-state index in [1.807, 2.05) is 0 Å². The van der Waals surface area contributed by atoms with Crippen LogP contribution in [0, 0.1) is 0 Å². The molecule has 0 N–H and O–H groups in total. The van der Waals surface area contributed by atoms with Crippen molar-refractivity contribution in [2.75, 3.05) is 7.05 Å². The zero-order valence-corrected chi connectivity index (χ0v) is 17.2. The van der Waals surface area contributed by atoms with E-state index in [1.54, 1.807) is 27.8 Å². The topological polar surface area (TPSA) is 3.01 Å². The molecule has 1 heteroatoms. The highest BCUT2D eigenvalue weighted by atomic mass is 15.0. The minimum absolute atomic E-state index is 1.09. The fourth-order valence-corrected chi connectivity index (χ4v) is 5.52. The lowest BCUT2D eigenvalue weighted by atomic mass is 9.91. The third-order valence-corrected chi connectivity index (χ3v) is 7.10. The van der Waals surface area contributed by atoms with Crippen LogP contribution >= 0.6 is 0 Å². The van der Waals surface area contributed by atoms with Gasteiger partial charge in [-0.05, 0) is 66.0 Å². The Morgan fingerprint density at radius 1 is 0.778 bits per heavy atom. The SMILES string of the molecule is CCCCCC1=C(C)c2c(ccc3c2-c2c(ccc4c2[N+](C)=C(C)C4)C3)C1. The highest BCUT2D eigenvalue weighted by Crippen LogP contribution is 2.51. The summed E-state index contributed by atoms with van der Waals surface area (Å²) in [7, 11) is 2.25. The first-order valence-corrected chi connectivity index (χ1v) is 10.6. The highest BCUT2D eigenvalue weighted by Gasteiger charge is 2.36. The molecule has 1 aliphatic heterocycles. The van der Waals surface area contributed by atoms with Crippen LogP contribution in [0.1, 0.15) is 74.3 Å². The monoisotopic (exact) mass is 356 g/mol. The smallest absolute Gasteiger partial charge is 0.202 e. The number of fused-ring (bicyclic) bond motifs is 7. The van der Waals surface area contributed by atoms with Crippen molar-refractivity contribution in [2.24, 2.45) is 0 Å². The molecular weight excluding hydrogens is 326 g/mol. The summed E-state index contributed by atoms with van der Waals surface area (Å²) in [4.78, 5) is 0. The van der Waals surface area contributed by atoms with Gasteiger partial charge in [0.15, 0.2) is 5.71 Å². The van der Waals surface area contributed by atoms with Gasteiger partial charge in [-0.2, -0.15) is 0 Å². The minimum atomic E-state index is 1.09. The summed E-state index contributed by atoms with van der Waals surface area (Å²) < 4.78 is 2.44. The van der Waals surface area contributed by atoms with Gasteiger partial charge in [0.25, 0.3) is 0 Å². The molecule has 0 amide bonds. The lowest BCUT2D eigenvalue weighted by molar-refractivity contribution is -0.401. The van der Waals surface area contributed by atoms with Crippen LogP contribution in [-0.4, -0.2) is 17.3 Å². The molecule has 0 saturated carbocycles. The molecule has 3 aliphatic rings. The van der Waals surface area contributed by atoms with E-state index < -0.39 is 0 Å². The van der Waals surface area contributed by atoms with Crippen LogP contribution < -0.4 is 0 Å². The summed E-state index contributed by atoms with van der Waals surface area (Å²) in [6.45, 7) is 6.95. The highest BCUT2D eigenvalue weighted by molar-refractivity contribution is 5.98. The van der Waals surface area contributed by atoms with Crippen LogP contribution in [0.2, 0.25) is 0 Å². The maximum absolute atomic E-state index is 2.44. The molecule has 1 heterocycles. The van der Waals surface area contributed by atoms with E-state index >= 15 is 0 Å². The predicted molar refractivity (Wildman–Crippen MR) is 115 cm³/mol. The largest absolute Gasteiger partial charge is 0.216 e. The van der Waals surface area contributed by atoms with Gasteiger partial charge in [-0.15, -0.1) is 0 Å². The summed E-state index contributed by atoms with van der Waals surface area (Å²) in [5, 5.41) is 0. The van der Waals surface area contributed by atoms with Crippen LogP contribution in [0.4, 0.5) is 5.69 Å². The molecular formula is C26H30N+. The molecule has 0 unspecified atom stereocenters. The molecule has 0 saturated heterocycles. The summed E-state index contributed by atoms with van der Waals surface area (Å²) in [5.41, 5.74) is 17.0. The molecule has 0 radical (unpaired) electrons. The molecule has 0 spiro atoms. The van der Waals surface area contributed by atoms with Crippen LogP contribution in [0.5, 0.6) is 0 Å². The zero-order chi connectivity index (χ0) is 18.7. The van der Waals surface area contributed by atoms with E-state index in [0.717, 1.165) is 12.8 Å². The third kappa shape index (κ3) is 2.40. The number of hydrogen-bond acceptors (Lipinski definition) is 0. The van der Waals surface area contributed by atoms with Gasteiger partial charge in [-0.3, -0.25) is 0 Å². The maximum atomic E-state index is 2.44. The first-order chi connectivity index (χ1) is 13.1. The summed E-state index contributed by atoms with van der Waals surface area (Å²) >= 11 is 0. The predicted octanol–water partition coefficient (Wildman–Crippen LogP) is 6.46. The first kappa shape index (κ1) is 17.0. The average molecular weight is 357 g/mol. The lowest BCUT2D eigenvalue weighted by Gasteiger charge is -2.12. The van der Waals surface area contributed by atoms with Gasteiger partial charge >= 0.3 is 0 Å². The fourth-order valence-electron chi connectivity index (χ4n) is 5.52. The van der Waals surface area contributed by atoms with Crippen molar-refractivity contribution in [2.45, 2.75) is 65.7 Å². The molecule has 2 aromatic rings. The van der Waals surface area contributed by atoms with Gasteiger partial charge in [0, 0.05) is 12.5 Å². The quantitative estimate of drug-likeness (QED) is 0.373. The van der Waals surface area contributed by atoms with Crippen LogP contribution in [0.25, 0.3) is 16.7 Å². The fraction of sp³-hybridized carbons (Fsp3) is 0.423. The molecule has 138 valence electrons. The van der Waals surface area contributed by atoms with Gasteiger partial charge in [0.2, 0.25) is 5.69 Å². The number of allylic oxidation sites excluding steroid dienone is 2. The van der Waals surface area contributed by atoms with Gasteiger partial charge in [0.1, 0.15) is 7.05 Å². The minimum Gasteiger partial charge on any atom is -0.202 e. The van der Waals surface area contributed by atoms with E-state index in [-0.39, 0.29) is 0 Å². The third-order valence-electron chi connectivity index (χ3n) is 7.10. The second-order valence-electron chi connectivity index (χ2n) is 8.75. The van der Waals surface area contributed by atoms with E-state index in [1.165, 1.54) is 65.8 Å². The Kier molecular flexibility index (Phi) is 3.89. The molecule has 5 rings (SSSR count). The maximum Gasteiger partial charge on any atom is 0.216 e. The Morgan fingerprint density at radius 3 is 2.19 bits per heavy atom. The van der Waals surface area contributed by atoms with Crippen LogP contribution in [0.15, 0.2) is 29.8 Å². The average Bonchev–Trinajstić information content (AvgIpc) is 3.27. The van der Waals surface area contributed by atoms with Crippen molar-refractivity contribution < 1.29 is 4.58 Å². The molecule has 1 nitrogen and oxygen atoms in total. The van der Waals surface area contributed by atoms with Crippen LogP contribution in [0.3, 0.4) is 0 Å².